The van der Waals surface area contributed by atoms with Crippen molar-refractivity contribution in [2.45, 2.75) is 13.1 Å². The van der Waals surface area contributed by atoms with E-state index < -0.39 is 0 Å². The Morgan fingerprint density at radius 1 is 1.00 bits per heavy atom. The normalized spacial score (nSPS) is 11.0. The first kappa shape index (κ1) is 18.4. The fourth-order valence-corrected chi connectivity index (χ4v) is 2.32. The minimum absolute atomic E-state index is 0.554. The van der Waals surface area contributed by atoms with Crippen molar-refractivity contribution in [1.29, 1.82) is 0 Å². The Hall–Kier alpha value is -2.96. The van der Waals surface area contributed by atoms with Gasteiger partial charge in [0.2, 0.25) is 5.75 Å². The van der Waals surface area contributed by atoms with E-state index in [1.54, 1.807) is 34.6 Å². The van der Waals surface area contributed by atoms with Crippen molar-refractivity contribution in [1.82, 2.24) is 15.6 Å². The van der Waals surface area contributed by atoms with Crippen LogP contribution in [0.1, 0.15) is 11.3 Å². The summed E-state index contributed by atoms with van der Waals surface area (Å²) in [6.07, 6.45) is 1.77. The number of guanidine groups is 1. The van der Waals surface area contributed by atoms with Crippen molar-refractivity contribution in [3.05, 3.63) is 47.8 Å². The SMILES string of the molecule is CN=C(NCc1cc(OC)c(OC)c(OC)c1)NCc1ccccn1. The van der Waals surface area contributed by atoms with Gasteiger partial charge in [-0.3, -0.25) is 9.98 Å². The van der Waals surface area contributed by atoms with Gasteiger partial charge in [-0.15, -0.1) is 0 Å². The van der Waals surface area contributed by atoms with Crippen molar-refractivity contribution < 1.29 is 14.2 Å². The Bertz CT molecular complexity index is 680. The monoisotopic (exact) mass is 344 g/mol. The number of hydrogen-bond donors (Lipinski definition) is 2. The molecule has 0 bridgehead atoms. The molecule has 0 aliphatic heterocycles. The van der Waals surface area contributed by atoms with Gasteiger partial charge < -0.3 is 24.8 Å². The van der Waals surface area contributed by atoms with Crippen LogP contribution in [0.4, 0.5) is 0 Å². The summed E-state index contributed by atoms with van der Waals surface area (Å²) in [7, 11) is 6.51. The lowest BCUT2D eigenvalue weighted by molar-refractivity contribution is 0.323. The first-order chi connectivity index (χ1) is 12.2. The number of ether oxygens (including phenoxy) is 3. The van der Waals surface area contributed by atoms with Gasteiger partial charge in [-0.25, -0.2) is 0 Å². The molecular formula is C18H24N4O3. The average molecular weight is 344 g/mol. The Balaban J connectivity index is 2.01. The van der Waals surface area contributed by atoms with Gasteiger partial charge in [-0.2, -0.15) is 0 Å². The fourth-order valence-electron chi connectivity index (χ4n) is 2.32. The third-order valence-corrected chi connectivity index (χ3v) is 3.57. The van der Waals surface area contributed by atoms with Crippen molar-refractivity contribution in [2.24, 2.45) is 4.99 Å². The lowest BCUT2D eigenvalue weighted by atomic mass is 10.2. The van der Waals surface area contributed by atoms with Crippen LogP contribution in [0, 0.1) is 0 Å². The highest BCUT2D eigenvalue weighted by molar-refractivity contribution is 5.79. The predicted molar refractivity (Wildman–Crippen MR) is 97.4 cm³/mol. The highest BCUT2D eigenvalue weighted by Crippen LogP contribution is 2.38. The van der Waals surface area contributed by atoms with Crippen molar-refractivity contribution in [3.8, 4) is 17.2 Å². The summed E-state index contributed by atoms with van der Waals surface area (Å²) >= 11 is 0. The van der Waals surface area contributed by atoms with E-state index in [4.69, 9.17) is 14.2 Å². The van der Waals surface area contributed by atoms with Crippen LogP contribution in [-0.4, -0.2) is 39.3 Å². The van der Waals surface area contributed by atoms with Gasteiger partial charge in [0.15, 0.2) is 17.5 Å². The molecule has 1 aromatic carbocycles. The number of benzene rings is 1. The number of rotatable bonds is 7. The first-order valence-corrected chi connectivity index (χ1v) is 7.85. The lowest BCUT2D eigenvalue weighted by Gasteiger charge is -2.15. The van der Waals surface area contributed by atoms with Crippen molar-refractivity contribution in [2.75, 3.05) is 28.4 Å². The maximum Gasteiger partial charge on any atom is 0.203 e. The van der Waals surface area contributed by atoms with E-state index in [1.807, 2.05) is 30.3 Å². The third-order valence-electron chi connectivity index (χ3n) is 3.57. The lowest BCUT2D eigenvalue weighted by Crippen LogP contribution is -2.36. The maximum absolute atomic E-state index is 5.37. The molecule has 0 aliphatic rings. The van der Waals surface area contributed by atoms with Crippen LogP contribution in [0.3, 0.4) is 0 Å². The van der Waals surface area contributed by atoms with Crippen molar-refractivity contribution in [3.63, 3.8) is 0 Å². The van der Waals surface area contributed by atoms with Gasteiger partial charge in [-0.1, -0.05) is 6.07 Å². The standard InChI is InChI=1S/C18H24N4O3/c1-19-18(22-12-14-7-5-6-8-20-14)21-11-13-9-15(23-2)17(25-4)16(10-13)24-3/h5-10H,11-12H2,1-4H3,(H2,19,21,22). The first-order valence-electron chi connectivity index (χ1n) is 7.85. The molecule has 7 nitrogen and oxygen atoms in total. The van der Waals surface area contributed by atoms with Crippen LogP contribution in [0.2, 0.25) is 0 Å². The molecule has 2 N–H and O–H groups in total. The second kappa shape index (κ2) is 9.36. The fraction of sp³-hybridized carbons (Fsp3) is 0.333. The third kappa shape index (κ3) is 5.00. The van der Waals surface area contributed by atoms with E-state index in [0.717, 1.165) is 11.3 Å². The zero-order valence-electron chi connectivity index (χ0n) is 15.0. The molecular weight excluding hydrogens is 320 g/mol. The molecule has 0 amide bonds. The number of nitrogens with one attached hydrogen (secondary N) is 2. The molecule has 0 spiro atoms. The summed E-state index contributed by atoms with van der Waals surface area (Å²) in [6.45, 7) is 1.15. The second-order valence-electron chi connectivity index (χ2n) is 5.13. The smallest absolute Gasteiger partial charge is 0.203 e. The molecule has 134 valence electrons. The Morgan fingerprint density at radius 2 is 1.68 bits per heavy atom. The number of methoxy groups -OCH3 is 3. The second-order valence-corrected chi connectivity index (χ2v) is 5.13. The molecule has 0 atom stereocenters. The molecule has 7 heteroatoms. The van der Waals surface area contributed by atoms with E-state index in [1.165, 1.54) is 0 Å². The van der Waals surface area contributed by atoms with E-state index in [9.17, 15) is 0 Å². The topological polar surface area (TPSA) is 77.0 Å². The highest BCUT2D eigenvalue weighted by Gasteiger charge is 2.13. The summed E-state index contributed by atoms with van der Waals surface area (Å²) < 4.78 is 16.1. The minimum Gasteiger partial charge on any atom is -0.493 e. The Labute approximate surface area is 148 Å². The van der Waals surface area contributed by atoms with Gasteiger partial charge in [-0.05, 0) is 29.8 Å². The molecule has 1 heterocycles. The molecule has 0 aliphatic carbocycles. The molecule has 0 saturated carbocycles. The largest absolute Gasteiger partial charge is 0.493 e. The molecule has 2 rings (SSSR count). The molecule has 1 aromatic heterocycles. The van der Waals surface area contributed by atoms with Gasteiger partial charge in [0.05, 0.1) is 33.6 Å². The minimum atomic E-state index is 0.554. The highest BCUT2D eigenvalue weighted by atomic mass is 16.5. The van der Waals surface area contributed by atoms with Crippen LogP contribution in [0.15, 0.2) is 41.5 Å². The van der Waals surface area contributed by atoms with Gasteiger partial charge >= 0.3 is 0 Å². The molecule has 0 radical (unpaired) electrons. The van der Waals surface area contributed by atoms with Gasteiger partial charge in [0, 0.05) is 19.8 Å². The number of nitrogens with zero attached hydrogens (tertiary/aromatic N) is 2. The van der Waals surface area contributed by atoms with E-state index >= 15 is 0 Å². The molecule has 0 unspecified atom stereocenters. The van der Waals surface area contributed by atoms with Gasteiger partial charge in [0.25, 0.3) is 0 Å². The summed E-state index contributed by atoms with van der Waals surface area (Å²) in [6, 6.07) is 9.61. The quantitative estimate of drug-likeness (QED) is 0.591. The maximum atomic E-state index is 5.37. The number of pyridine rings is 1. The van der Waals surface area contributed by atoms with Crippen LogP contribution in [-0.2, 0) is 13.1 Å². The van der Waals surface area contributed by atoms with Crippen LogP contribution >= 0.6 is 0 Å². The number of aromatic nitrogens is 1. The number of hydrogen-bond acceptors (Lipinski definition) is 5. The molecule has 25 heavy (non-hydrogen) atoms. The van der Waals surface area contributed by atoms with Gasteiger partial charge in [0.1, 0.15) is 0 Å². The van der Waals surface area contributed by atoms with E-state index in [-0.39, 0.29) is 0 Å². The summed E-state index contributed by atoms with van der Waals surface area (Å²) in [5, 5.41) is 6.48. The number of aliphatic imine (C=N–C) groups is 1. The summed E-state index contributed by atoms with van der Waals surface area (Å²) in [4.78, 5) is 8.49. The average Bonchev–Trinajstić information content (AvgIpc) is 2.67. The molecule has 0 fully saturated rings. The van der Waals surface area contributed by atoms with Crippen molar-refractivity contribution >= 4 is 5.96 Å². The van der Waals surface area contributed by atoms with E-state index in [2.05, 4.69) is 20.6 Å². The summed E-state index contributed by atoms with van der Waals surface area (Å²) in [5.41, 5.74) is 1.92. The zero-order chi connectivity index (χ0) is 18.1. The van der Waals surface area contributed by atoms with Crippen LogP contribution in [0.5, 0.6) is 17.2 Å². The summed E-state index contributed by atoms with van der Waals surface area (Å²) in [5.74, 6) is 2.50. The zero-order valence-corrected chi connectivity index (χ0v) is 15.0. The van der Waals surface area contributed by atoms with Crippen LogP contribution in [0.25, 0.3) is 0 Å². The van der Waals surface area contributed by atoms with E-state index in [0.29, 0.717) is 36.3 Å². The predicted octanol–water partition coefficient (Wildman–Crippen LogP) is 1.97. The van der Waals surface area contributed by atoms with Crippen LogP contribution < -0.4 is 24.8 Å². The molecule has 0 saturated heterocycles. The Kier molecular flexibility index (Phi) is 6.88. The Morgan fingerprint density at radius 3 is 2.20 bits per heavy atom. The molecule has 2 aromatic rings.